The van der Waals surface area contributed by atoms with Crippen LogP contribution in [0.4, 0.5) is 0 Å². The van der Waals surface area contributed by atoms with Crippen molar-refractivity contribution in [1.82, 2.24) is 21.2 Å². The van der Waals surface area contributed by atoms with Gasteiger partial charge in [-0.1, -0.05) is 11.6 Å². The Morgan fingerprint density at radius 2 is 2.15 bits per heavy atom. The van der Waals surface area contributed by atoms with Gasteiger partial charge < -0.3 is 5.32 Å². The van der Waals surface area contributed by atoms with E-state index < -0.39 is 0 Å². The summed E-state index contributed by atoms with van der Waals surface area (Å²) in [6, 6.07) is 3.38. The second-order valence-electron chi connectivity index (χ2n) is 4.48. The van der Waals surface area contributed by atoms with Crippen molar-refractivity contribution < 1.29 is 4.79 Å². The van der Waals surface area contributed by atoms with Crippen LogP contribution in [-0.2, 0) is 0 Å². The first-order chi connectivity index (χ1) is 9.65. The van der Waals surface area contributed by atoms with Gasteiger partial charge in [-0.15, -0.1) is 0 Å². The lowest BCUT2D eigenvalue weighted by atomic mass is 10.0. The summed E-state index contributed by atoms with van der Waals surface area (Å²) in [5.41, 5.74) is 8.04. The van der Waals surface area contributed by atoms with Gasteiger partial charge in [0.25, 0.3) is 5.91 Å². The monoisotopic (exact) mass is 288 g/mol. The Morgan fingerprint density at radius 3 is 2.80 bits per heavy atom. The quantitative estimate of drug-likeness (QED) is 0.572. The molecule has 20 heavy (non-hydrogen) atoms. The van der Waals surface area contributed by atoms with Gasteiger partial charge in [-0.2, -0.15) is 0 Å². The Kier molecular flexibility index (Phi) is 4.84. The molecular formula is C14H16N4OS. The third-order valence-electron chi connectivity index (χ3n) is 2.85. The van der Waals surface area contributed by atoms with Crippen molar-refractivity contribution in [3.63, 3.8) is 0 Å². The molecule has 0 bridgehead atoms. The highest BCUT2D eigenvalue weighted by atomic mass is 32.1. The first kappa shape index (κ1) is 14.2. The molecule has 1 aromatic rings. The van der Waals surface area contributed by atoms with E-state index in [1.807, 2.05) is 6.08 Å². The van der Waals surface area contributed by atoms with Crippen LogP contribution in [0.5, 0.6) is 0 Å². The second kappa shape index (κ2) is 6.81. The van der Waals surface area contributed by atoms with Gasteiger partial charge in [-0.05, 0) is 50.2 Å². The highest BCUT2D eigenvalue weighted by Gasteiger charge is 2.07. The lowest BCUT2D eigenvalue weighted by Gasteiger charge is -2.16. The maximum absolute atomic E-state index is 11.8. The molecule has 5 nitrogen and oxygen atoms in total. The van der Waals surface area contributed by atoms with Crippen LogP contribution in [0.1, 0.15) is 30.1 Å². The SMILES string of the molecule is CC1=CC=C(NC(=S)NNC(=O)c2cccnc2)CC1. The molecule has 1 aliphatic rings. The molecule has 2 rings (SSSR count). The van der Waals surface area contributed by atoms with Crippen molar-refractivity contribution >= 4 is 23.2 Å². The molecule has 0 saturated heterocycles. The number of allylic oxidation sites excluding steroid dienone is 4. The number of aromatic nitrogens is 1. The molecule has 0 spiro atoms. The molecule has 0 aliphatic heterocycles. The van der Waals surface area contributed by atoms with Crippen LogP contribution in [0.3, 0.4) is 0 Å². The molecule has 6 heteroatoms. The Labute approximate surface area is 123 Å². The zero-order valence-corrected chi connectivity index (χ0v) is 12.0. The van der Waals surface area contributed by atoms with Crippen LogP contribution in [0.2, 0.25) is 0 Å². The molecule has 0 radical (unpaired) electrons. The van der Waals surface area contributed by atoms with Crippen LogP contribution >= 0.6 is 12.2 Å². The van der Waals surface area contributed by atoms with Crippen LogP contribution in [0.25, 0.3) is 0 Å². The molecule has 104 valence electrons. The van der Waals surface area contributed by atoms with Gasteiger partial charge in [0.1, 0.15) is 0 Å². The average Bonchev–Trinajstić information content (AvgIpc) is 2.48. The number of carbonyl (C=O) groups excluding carboxylic acids is 1. The summed E-state index contributed by atoms with van der Waals surface area (Å²) in [6.45, 7) is 2.10. The predicted octanol–water partition coefficient (Wildman–Crippen LogP) is 1.81. The summed E-state index contributed by atoms with van der Waals surface area (Å²) in [5, 5.41) is 3.42. The molecule has 3 N–H and O–H groups in total. The molecule has 0 atom stereocenters. The predicted molar refractivity (Wildman–Crippen MR) is 81.6 cm³/mol. The third-order valence-corrected chi connectivity index (χ3v) is 3.05. The summed E-state index contributed by atoms with van der Waals surface area (Å²) in [4.78, 5) is 15.6. The Balaban J connectivity index is 1.80. The van der Waals surface area contributed by atoms with E-state index in [2.05, 4.69) is 34.2 Å². The Hall–Kier alpha value is -2.21. The van der Waals surface area contributed by atoms with Crippen LogP contribution in [0.15, 0.2) is 47.9 Å². The number of nitrogens with one attached hydrogen (secondary N) is 3. The number of hydrogen-bond donors (Lipinski definition) is 3. The fourth-order valence-electron chi connectivity index (χ4n) is 1.71. The molecule has 0 unspecified atom stereocenters. The molecule has 0 saturated carbocycles. The number of pyridine rings is 1. The number of nitrogens with zero attached hydrogens (tertiary/aromatic N) is 1. The van der Waals surface area contributed by atoms with Gasteiger partial charge in [-0.3, -0.25) is 20.6 Å². The fraction of sp³-hybridized carbons (Fsp3) is 0.214. The van der Waals surface area contributed by atoms with Gasteiger partial charge in [0.2, 0.25) is 0 Å². The van der Waals surface area contributed by atoms with Crippen molar-refractivity contribution in [2.75, 3.05) is 0 Å². The third kappa shape index (κ3) is 4.17. The molecule has 1 aromatic heterocycles. The lowest BCUT2D eigenvalue weighted by Crippen LogP contribution is -2.46. The zero-order chi connectivity index (χ0) is 14.4. The minimum atomic E-state index is -0.282. The maximum Gasteiger partial charge on any atom is 0.271 e. The van der Waals surface area contributed by atoms with Crippen LogP contribution in [-0.4, -0.2) is 16.0 Å². The second-order valence-corrected chi connectivity index (χ2v) is 4.89. The van der Waals surface area contributed by atoms with Gasteiger partial charge in [0.15, 0.2) is 5.11 Å². The van der Waals surface area contributed by atoms with Crippen LogP contribution in [0, 0.1) is 0 Å². The summed E-state index contributed by atoms with van der Waals surface area (Å²) in [7, 11) is 0. The van der Waals surface area contributed by atoms with Crippen LogP contribution < -0.4 is 16.2 Å². The first-order valence-electron chi connectivity index (χ1n) is 6.29. The molecule has 0 aromatic carbocycles. The first-order valence-corrected chi connectivity index (χ1v) is 6.69. The van der Waals surface area contributed by atoms with E-state index in [1.165, 1.54) is 11.8 Å². The van der Waals surface area contributed by atoms with Crippen molar-refractivity contribution in [1.29, 1.82) is 0 Å². The Bertz CT molecular complexity index is 566. The highest BCUT2D eigenvalue weighted by molar-refractivity contribution is 7.80. The van der Waals surface area contributed by atoms with E-state index in [9.17, 15) is 4.79 Å². The van der Waals surface area contributed by atoms with Gasteiger partial charge in [0, 0.05) is 18.1 Å². The lowest BCUT2D eigenvalue weighted by molar-refractivity contribution is 0.0943. The largest absolute Gasteiger partial charge is 0.335 e. The van der Waals surface area contributed by atoms with E-state index >= 15 is 0 Å². The smallest absolute Gasteiger partial charge is 0.271 e. The maximum atomic E-state index is 11.8. The van der Waals surface area contributed by atoms with Crippen molar-refractivity contribution in [3.8, 4) is 0 Å². The number of carbonyl (C=O) groups is 1. The van der Waals surface area contributed by atoms with E-state index in [0.717, 1.165) is 18.5 Å². The highest BCUT2D eigenvalue weighted by Crippen LogP contribution is 2.15. The van der Waals surface area contributed by atoms with E-state index in [0.29, 0.717) is 10.7 Å². The summed E-state index contributed by atoms with van der Waals surface area (Å²) in [6.07, 6.45) is 9.09. The number of hydrogen-bond acceptors (Lipinski definition) is 3. The molecule has 1 heterocycles. The molecule has 1 aliphatic carbocycles. The molecule has 1 amide bonds. The van der Waals surface area contributed by atoms with E-state index in [4.69, 9.17) is 12.2 Å². The molecular weight excluding hydrogens is 272 g/mol. The van der Waals surface area contributed by atoms with Gasteiger partial charge in [0.05, 0.1) is 5.56 Å². The normalized spacial score (nSPS) is 13.8. The van der Waals surface area contributed by atoms with Gasteiger partial charge in [-0.25, -0.2) is 0 Å². The minimum Gasteiger partial charge on any atom is -0.335 e. The van der Waals surface area contributed by atoms with E-state index in [1.54, 1.807) is 18.3 Å². The fourth-order valence-corrected chi connectivity index (χ4v) is 1.89. The topological polar surface area (TPSA) is 66.0 Å². The minimum absolute atomic E-state index is 0.282. The number of hydrazine groups is 1. The zero-order valence-electron chi connectivity index (χ0n) is 11.1. The molecule has 0 fully saturated rings. The van der Waals surface area contributed by atoms with E-state index in [-0.39, 0.29) is 5.91 Å². The van der Waals surface area contributed by atoms with Crippen molar-refractivity contribution in [3.05, 3.63) is 53.5 Å². The van der Waals surface area contributed by atoms with Crippen molar-refractivity contribution in [2.45, 2.75) is 19.8 Å². The number of thiocarbonyl (C=S) groups is 1. The number of rotatable bonds is 2. The average molecular weight is 288 g/mol. The summed E-state index contributed by atoms with van der Waals surface area (Å²) in [5.74, 6) is -0.282. The van der Waals surface area contributed by atoms with Crippen molar-refractivity contribution in [2.24, 2.45) is 0 Å². The summed E-state index contributed by atoms with van der Waals surface area (Å²) >= 11 is 5.12. The Morgan fingerprint density at radius 1 is 1.30 bits per heavy atom. The standard InChI is InChI=1S/C14H16N4OS/c1-10-4-6-12(7-5-10)16-14(20)18-17-13(19)11-3-2-8-15-9-11/h2-4,6,8-9H,5,7H2,1H3,(H,17,19)(H2,16,18,20). The number of amides is 1. The summed E-state index contributed by atoms with van der Waals surface area (Å²) < 4.78 is 0. The van der Waals surface area contributed by atoms with Gasteiger partial charge >= 0.3 is 0 Å².